The summed E-state index contributed by atoms with van der Waals surface area (Å²) in [6.07, 6.45) is 4.72. The molecule has 0 radical (unpaired) electrons. The van der Waals surface area contributed by atoms with E-state index in [0.717, 1.165) is 75.9 Å². The summed E-state index contributed by atoms with van der Waals surface area (Å²) in [7, 11) is 1.86. The van der Waals surface area contributed by atoms with E-state index in [2.05, 4.69) is 34.9 Å². The van der Waals surface area contributed by atoms with Crippen molar-refractivity contribution in [1.82, 2.24) is 29.9 Å². The van der Waals surface area contributed by atoms with Crippen LogP contribution >= 0.6 is 24.0 Å². The number of aryl methyl sites for hydroxylation is 1. The number of nitrogens with zero attached hydrogens (tertiary/aromatic N) is 6. The van der Waals surface area contributed by atoms with Crippen molar-refractivity contribution < 1.29 is 4.74 Å². The average molecular weight is 489 g/mol. The molecule has 152 valence electrons. The topological polar surface area (TPSA) is 70.8 Å². The van der Waals surface area contributed by atoms with E-state index in [1.54, 1.807) is 0 Å². The molecule has 9 heteroatoms. The molecule has 3 aliphatic heterocycles. The first-order valence-electron chi connectivity index (χ1n) is 10.00. The maximum atomic E-state index is 5.50. The van der Waals surface area contributed by atoms with Gasteiger partial charge in [-0.3, -0.25) is 9.89 Å². The summed E-state index contributed by atoms with van der Waals surface area (Å²) < 4.78 is 7.77. The first kappa shape index (κ1) is 20.8. The van der Waals surface area contributed by atoms with Crippen LogP contribution in [0.15, 0.2) is 4.99 Å². The molecule has 4 heterocycles. The molecule has 0 aliphatic carbocycles. The molecule has 8 nitrogen and oxygen atoms in total. The van der Waals surface area contributed by atoms with E-state index in [0.29, 0.717) is 6.54 Å². The summed E-state index contributed by atoms with van der Waals surface area (Å²) in [4.78, 5) is 9.41. The van der Waals surface area contributed by atoms with Gasteiger partial charge in [-0.05, 0) is 25.2 Å². The number of aromatic nitrogens is 3. The van der Waals surface area contributed by atoms with Crippen LogP contribution in [0.2, 0.25) is 0 Å². The predicted molar refractivity (Wildman–Crippen MR) is 116 cm³/mol. The van der Waals surface area contributed by atoms with Gasteiger partial charge >= 0.3 is 0 Å². The highest BCUT2D eigenvalue weighted by Gasteiger charge is 2.24. The normalized spacial score (nSPS) is 23.8. The quantitative estimate of drug-likeness (QED) is 0.386. The van der Waals surface area contributed by atoms with Gasteiger partial charge < -0.3 is 19.5 Å². The number of hydrogen-bond acceptors (Lipinski definition) is 5. The van der Waals surface area contributed by atoms with E-state index >= 15 is 0 Å². The molecule has 27 heavy (non-hydrogen) atoms. The third-order valence-corrected chi connectivity index (χ3v) is 5.76. The Morgan fingerprint density at radius 3 is 2.78 bits per heavy atom. The second kappa shape index (κ2) is 10.0. The van der Waals surface area contributed by atoms with Crippen LogP contribution in [0.25, 0.3) is 0 Å². The Morgan fingerprint density at radius 2 is 2.04 bits per heavy atom. The third-order valence-electron chi connectivity index (χ3n) is 5.76. The van der Waals surface area contributed by atoms with E-state index in [4.69, 9.17) is 4.74 Å². The fourth-order valence-electron chi connectivity index (χ4n) is 4.22. The SMILES string of the molecule is CN=C(NCc1nnc2n1CCCC2)N1CCN(CC2CCOC2)CC1.I. The molecule has 1 unspecified atom stereocenters. The Kier molecular flexibility index (Phi) is 7.71. The lowest BCUT2D eigenvalue weighted by Gasteiger charge is -2.37. The van der Waals surface area contributed by atoms with Gasteiger partial charge in [0.25, 0.3) is 0 Å². The van der Waals surface area contributed by atoms with Crippen molar-refractivity contribution in [2.45, 2.75) is 38.8 Å². The molecule has 0 spiro atoms. The Bertz CT molecular complexity index is 621. The molecule has 1 aromatic rings. The molecule has 3 aliphatic rings. The lowest BCUT2D eigenvalue weighted by Crippen LogP contribution is -2.53. The van der Waals surface area contributed by atoms with E-state index < -0.39 is 0 Å². The van der Waals surface area contributed by atoms with Crippen LogP contribution in [0.5, 0.6) is 0 Å². The molecule has 4 rings (SSSR count). The van der Waals surface area contributed by atoms with Crippen LogP contribution < -0.4 is 5.32 Å². The zero-order valence-electron chi connectivity index (χ0n) is 16.3. The lowest BCUT2D eigenvalue weighted by molar-refractivity contribution is 0.139. The van der Waals surface area contributed by atoms with E-state index in [1.165, 1.54) is 25.8 Å². The molecule has 0 aromatic carbocycles. The van der Waals surface area contributed by atoms with Gasteiger partial charge in [0.2, 0.25) is 0 Å². The zero-order valence-corrected chi connectivity index (χ0v) is 18.6. The van der Waals surface area contributed by atoms with E-state index in [-0.39, 0.29) is 24.0 Å². The summed E-state index contributed by atoms with van der Waals surface area (Å²) >= 11 is 0. The van der Waals surface area contributed by atoms with Crippen molar-refractivity contribution in [2.75, 3.05) is 53.0 Å². The van der Waals surface area contributed by atoms with Crippen molar-refractivity contribution in [1.29, 1.82) is 0 Å². The number of guanidine groups is 1. The first-order chi connectivity index (χ1) is 12.8. The van der Waals surface area contributed by atoms with Crippen LogP contribution in [-0.4, -0.2) is 83.5 Å². The van der Waals surface area contributed by atoms with Gasteiger partial charge in [-0.1, -0.05) is 0 Å². The average Bonchev–Trinajstić information content (AvgIpc) is 3.33. The number of piperazine rings is 1. The molecule has 0 amide bonds. The number of rotatable bonds is 4. The summed E-state index contributed by atoms with van der Waals surface area (Å²) in [5.74, 6) is 3.85. The molecule has 1 atom stereocenters. The fourth-order valence-corrected chi connectivity index (χ4v) is 4.22. The van der Waals surface area contributed by atoms with Crippen LogP contribution in [-0.2, 0) is 24.2 Å². The Hall–Kier alpha value is -0.940. The highest BCUT2D eigenvalue weighted by Crippen LogP contribution is 2.16. The number of ether oxygens (including phenoxy) is 1. The van der Waals surface area contributed by atoms with Gasteiger partial charge in [-0.15, -0.1) is 34.2 Å². The highest BCUT2D eigenvalue weighted by atomic mass is 127. The minimum atomic E-state index is 0. The van der Waals surface area contributed by atoms with Crippen molar-refractivity contribution >= 4 is 29.9 Å². The number of fused-ring (bicyclic) bond motifs is 1. The number of nitrogens with one attached hydrogen (secondary N) is 1. The van der Waals surface area contributed by atoms with Crippen molar-refractivity contribution in [3.8, 4) is 0 Å². The van der Waals surface area contributed by atoms with Gasteiger partial charge in [-0.2, -0.15) is 0 Å². The number of hydrogen-bond donors (Lipinski definition) is 1. The van der Waals surface area contributed by atoms with Crippen molar-refractivity contribution in [3.05, 3.63) is 11.6 Å². The van der Waals surface area contributed by atoms with E-state index in [1.807, 2.05) is 7.05 Å². The molecule has 1 aromatic heterocycles. The molecular weight excluding hydrogens is 457 g/mol. The van der Waals surface area contributed by atoms with Gasteiger partial charge in [0.15, 0.2) is 11.8 Å². The molecule has 0 saturated carbocycles. The van der Waals surface area contributed by atoms with E-state index in [9.17, 15) is 0 Å². The van der Waals surface area contributed by atoms with Gasteiger partial charge in [0.05, 0.1) is 13.2 Å². The molecule has 0 bridgehead atoms. The highest BCUT2D eigenvalue weighted by molar-refractivity contribution is 14.0. The van der Waals surface area contributed by atoms with Gasteiger partial charge in [0, 0.05) is 59.3 Å². The zero-order chi connectivity index (χ0) is 17.8. The summed E-state index contributed by atoms with van der Waals surface area (Å²) in [5.41, 5.74) is 0. The first-order valence-corrected chi connectivity index (χ1v) is 10.00. The summed E-state index contributed by atoms with van der Waals surface area (Å²) in [5, 5.41) is 12.2. The van der Waals surface area contributed by atoms with Crippen LogP contribution in [0.3, 0.4) is 0 Å². The minimum absolute atomic E-state index is 0. The maximum absolute atomic E-state index is 5.50. The van der Waals surface area contributed by atoms with Gasteiger partial charge in [0.1, 0.15) is 5.82 Å². The smallest absolute Gasteiger partial charge is 0.194 e. The fraction of sp³-hybridized carbons (Fsp3) is 0.833. The molecular formula is C18H32IN7O. The minimum Gasteiger partial charge on any atom is -0.381 e. The van der Waals surface area contributed by atoms with Crippen LogP contribution in [0.1, 0.15) is 30.9 Å². The van der Waals surface area contributed by atoms with Crippen molar-refractivity contribution in [3.63, 3.8) is 0 Å². The summed E-state index contributed by atoms with van der Waals surface area (Å²) in [6, 6.07) is 0. The van der Waals surface area contributed by atoms with Crippen molar-refractivity contribution in [2.24, 2.45) is 10.9 Å². The predicted octanol–water partition coefficient (Wildman–Crippen LogP) is 0.962. The van der Waals surface area contributed by atoms with Gasteiger partial charge in [-0.25, -0.2) is 0 Å². The Labute approximate surface area is 178 Å². The second-order valence-corrected chi connectivity index (χ2v) is 7.56. The molecule has 1 N–H and O–H groups in total. The molecule has 2 saturated heterocycles. The maximum Gasteiger partial charge on any atom is 0.194 e. The van der Waals surface area contributed by atoms with Crippen LogP contribution in [0.4, 0.5) is 0 Å². The Balaban J connectivity index is 0.00000210. The monoisotopic (exact) mass is 489 g/mol. The number of halogens is 1. The lowest BCUT2D eigenvalue weighted by atomic mass is 10.1. The largest absolute Gasteiger partial charge is 0.381 e. The Morgan fingerprint density at radius 1 is 1.19 bits per heavy atom. The third kappa shape index (κ3) is 5.11. The van der Waals surface area contributed by atoms with Crippen LogP contribution in [0, 0.1) is 5.92 Å². The number of aliphatic imine (C=N–C) groups is 1. The molecule has 2 fully saturated rings. The summed E-state index contributed by atoms with van der Waals surface area (Å²) in [6.45, 7) is 9.01. The second-order valence-electron chi connectivity index (χ2n) is 7.56. The standard InChI is InChI=1S/C18H31N7O.HI/c1-19-18(20-12-17-22-21-16-4-2-3-6-25(16)17)24-9-7-23(8-10-24)13-15-5-11-26-14-15;/h15H,2-14H2,1H3,(H,19,20);1H.